The number of benzene rings is 1. The van der Waals surface area contributed by atoms with E-state index in [2.05, 4.69) is 10.3 Å². The minimum Gasteiger partial charge on any atom is -0.466 e. The van der Waals surface area contributed by atoms with Crippen LogP contribution in [-0.2, 0) is 20.7 Å². The third-order valence-corrected chi connectivity index (χ3v) is 5.08. The van der Waals surface area contributed by atoms with Gasteiger partial charge in [-0.2, -0.15) is 0 Å². The highest BCUT2D eigenvalue weighted by molar-refractivity contribution is 8.01. The molecule has 0 saturated heterocycles. The van der Waals surface area contributed by atoms with Crippen molar-refractivity contribution in [3.63, 3.8) is 0 Å². The Hall–Kier alpha value is -1.64. The standard InChI is InChI=1S/C15H14ClFN2O3S2/c1-2-22-14(21)6-10-7-23-15(18-10)24-8-13(20)19-12-4-3-9(17)5-11(12)16/h3-5,7H,2,6,8H2,1H3,(H,19,20). The monoisotopic (exact) mass is 388 g/mol. The summed E-state index contributed by atoms with van der Waals surface area (Å²) in [6.45, 7) is 2.07. The lowest BCUT2D eigenvalue weighted by molar-refractivity contribution is -0.142. The van der Waals surface area contributed by atoms with Gasteiger partial charge in [0.1, 0.15) is 5.82 Å². The van der Waals surface area contributed by atoms with Crippen LogP contribution in [0.4, 0.5) is 10.1 Å². The van der Waals surface area contributed by atoms with Gasteiger partial charge in [0, 0.05) is 5.38 Å². The largest absolute Gasteiger partial charge is 0.466 e. The molecular formula is C15H14ClFN2O3S2. The molecule has 0 aliphatic rings. The Morgan fingerprint density at radius 2 is 2.25 bits per heavy atom. The van der Waals surface area contributed by atoms with Crippen LogP contribution in [-0.4, -0.2) is 29.2 Å². The molecule has 0 bridgehead atoms. The van der Waals surface area contributed by atoms with Gasteiger partial charge in [-0.25, -0.2) is 9.37 Å². The first-order valence-corrected chi connectivity index (χ1v) is 9.20. The number of esters is 1. The van der Waals surface area contributed by atoms with Crippen LogP contribution < -0.4 is 5.32 Å². The number of aromatic nitrogens is 1. The third-order valence-electron chi connectivity index (χ3n) is 2.69. The molecule has 0 saturated carbocycles. The fourth-order valence-electron chi connectivity index (χ4n) is 1.70. The van der Waals surface area contributed by atoms with Crippen molar-refractivity contribution < 1.29 is 18.7 Å². The fourth-order valence-corrected chi connectivity index (χ4v) is 3.56. The average Bonchev–Trinajstić information content (AvgIpc) is 2.96. The number of carbonyl (C=O) groups is 2. The molecule has 1 N–H and O–H groups in total. The van der Waals surface area contributed by atoms with Crippen molar-refractivity contribution in [3.05, 3.63) is 40.1 Å². The summed E-state index contributed by atoms with van der Waals surface area (Å²) in [4.78, 5) is 27.6. The van der Waals surface area contributed by atoms with E-state index in [0.717, 1.165) is 6.07 Å². The molecule has 5 nitrogen and oxygen atoms in total. The molecule has 0 unspecified atom stereocenters. The van der Waals surface area contributed by atoms with Gasteiger partial charge >= 0.3 is 5.97 Å². The van der Waals surface area contributed by atoms with Gasteiger partial charge in [-0.15, -0.1) is 11.3 Å². The third kappa shape index (κ3) is 5.77. The summed E-state index contributed by atoms with van der Waals surface area (Å²) in [5, 5.41) is 4.50. The molecule has 1 aromatic heterocycles. The summed E-state index contributed by atoms with van der Waals surface area (Å²) in [7, 11) is 0. The molecule has 0 fully saturated rings. The molecule has 0 atom stereocenters. The highest BCUT2D eigenvalue weighted by atomic mass is 35.5. The number of nitrogens with one attached hydrogen (secondary N) is 1. The zero-order valence-corrected chi connectivity index (χ0v) is 15.1. The molecule has 1 heterocycles. The van der Waals surface area contributed by atoms with E-state index < -0.39 is 5.82 Å². The maximum Gasteiger partial charge on any atom is 0.311 e. The van der Waals surface area contributed by atoms with Crippen LogP contribution in [0, 0.1) is 5.82 Å². The zero-order valence-electron chi connectivity index (χ0n) is 12.7. The lowest BCUT2D eigenvalue weighted by Gasteiger charge is -2.06. The molecule has 0 aliphatic carbocycles. The Balaban J connectivity index is 1.83. The summed E-state index contributed by atoms with van der Waals surface area (Å²) in [6.07, 6.45) is 0.113. The van der Waals surface area contributed by atoms with Crippen molar-refractivity contribution in [3.8, 4) is 0 Å². The van der Waals surface area contributed by atoms with E-state index in [0.29, 0.717) is 22.3 Å². The van der Waals surface area contributed by atoms with Crippen molar-refractivity contribution in [2.45, 2.75) is 17.7 Å². The van der Waals surface area contributed by atoms with Crippen LogP contribution in [0.15, 0.2) is 27.9 Å². The first-order chi connectivity index (χ1) is 11.5. The molecular weight excluding hydrogens is 375 g/mol. The van der Waals surface area contributed by atoms with Crippen molar-refractivity contribution in [2.75, 3.05) is 17.7 Å². The fraction of sp³-hybridized carbons (Fsp3) is 0.267. The number of hydrogen-bond acceptors (Lipinski definition) is 6. The van der Waals surface area contributed by atoms with Crippen LogP contribution in [0.2, 0.25) is 5.02 Å². The average molecular weight is 389 g/mol. The van der Waals surface area contributed by atoms with Gasteiger partial charge in [0.15, 0.2) is 4.34 Å². The molecule has 2 aromatic rings. The molecule has 9 heteroatoms. The van der Waals surface area contributed by atoms with Crippen molar-refractivity contribution in [1.29, 1.82) is 0 Å². The number of hydrogen-bond donors (Lipinski definition) is 1. The first-order valence-electron chi connectivity index (χ1n) is 6.95. The van der Waals surface area contributed by atoms with Gasteiger partial charge < -0.3 is 10.1 Å². The Morgan fingerprint density at radius 3 is 2.96 bits per heavy atom. The maximum atomic E-state index is 13.0. The number of nitrogens with zero attached hydrogens (tertiary/aromatic N) is 1. The molecule has 0 spiro atoms. The van der Waals surface area contributed by atoms with Crippen molar-refractivity contribution >= 4 is 52.3 Å². The van der Waals surface area contributed by atoms with Gasteiger partial charge in [-0.3, -0.25) is 9.59 Å². The molecule has 1 aromatic carbocycles. The van der Waals surface area contributed by atoms with Crippen LogP contribution >= 0.6 is 34.7 Å². The van der Waals surface area contributed by atoms with Crippen LogP contribution in [0.3, 0.4) is 0 Å². The predicted octanol–water partition coefficient (Wildman–Crippen LogP) is 3.77. The second-order valence-electron chi connectivity index (χ2n) is 4.55. The van der Waals surface area contributed by atoms with E-state index in [-0.39, 0.29) is 29.1 Å². The zero-order chi connectivity index (χ0) is 17.5. The van der Waals surface area contributed by atoms with E-state index in [1.807, 2.05) is 0 Å². The topological polar surface area (TPSA) is 68.3 Å². The number of amides is 1. The summed E-state index contributed by atoms with van der Waals surface area (Å²) in [5.41, 5.74) is 0.966. The van der Waals surface area contributed by atoms with Crippen LogP contribution in [0.1, 0.15) is 12.6 Å². The Kier molecular flexibility index (Phi) is 7.01. The van der Waals surface area contributed by atoms with Crippen LogP contribution in [0.5, 0.6) is 0 Å². The number of ether oxygens (including phenoxy) is 1. The minimum atomic E-state index is -0.468. The minimum absolute atomic E-state index is 0.113. The lowest BCUT2D eigenvalue weighted by atomic mass is 10.3. The number of rotatable bonds is 7. The maximum absolute atomic E-state index is 13.0. The van der Waals surface area contributed by atoms with Gasteiger partial charge in [0.2, 0.25) is 5.91 Å². The number of thioether (sulfide) groups is 1. The van der Waals surface area contributed by atoms with Gasteiger partial charge in [-0.05, 0) is 25.1 Å². The molecule has 1 amide bonds. The molecule has 128 valence electrons. The molecule has 0 aliphatic heterocycles. The van der Waals surface area contributed by atoms with Crippen molar-refractivity contribution in [1.82, 2.24) is 4.98 Å². The molecule has 0 radical (unpaired) electrons. The van der Waals surface area contributed by atoms with E-state index in [4.69, 9.17) is 16.3 Å². The number of thiazole rings is 1. The second kappa shape index (κ2) is 9.00. The second-order valence-corrected chi connectivity index (χ2v) is 7.04. The van der Waals surface area contributed by atoms with E-state index >= 15 is 0 Å². The van der Waals surface area contributed by atoms with Crippen LogP contribution in [0.25, 0.3) is 0 Å². The molecule has 2 rings (SSSR count). The molecule has 24 heavy (non-hydrogen) atoms. The lowest BCUT2D eigenvalue weighted by Crippen LogP contribution is -2.14. The number of halogens is 2. The van der Waals surface area contributed by atoms with Crippen molar-refractivity contribution in [2.24, 2.45) is 0 Å². The van der Waals surface area contributed by atoms with E-state index in [9.17, 15) is 14.0 Å². The SMILES string of the molecule is CCOC(=O)Cc1csc(SCC(=O)Nc2ccc(F)cc2Cl)n1. The Morgan fingerprint density at radius 1 is 1.46 bits per heavy atom. The van der Waals surface area contributed by atoms with Gasteiger partial charge in [-0.1, -0.05) is 23.4 Å². The predicted molar refractivity (Wildman–Crippen MR) is 93.2 cm³/mol. The Labute approximate surface area is 151 Å². The number of anilines is 1. The normalized spacial score (nSPS) is 10.5. The number of carbonyl (C=O) groups excluding carboxylic acids is 2. The van der Waals surface area contributed by atoms with Gasteiger partial charge in [0.25, 0.3) is 0 Å². The smallest absolute Gasteiger partial charge is 0.311 e. The quantitative estimate of drug-likeness (QED) is 0.577. The van der Waals surface area contributed by atoms with E-state index in [1.54, 1.807) is 12.3 Å². The summed E-state index contributed by atoms with van der Waals surface area (Å²) < 4.78 is 18.5. The summed E-state index contributed by atoms with van der Waals surface area (Å²) in [5.74, 6) is -0.956. The van der Waals surface area contributed by atoms with E-state index in [1.165, 1.54) is 35.2 Å². The summed E-state index contributed by atoms with van der Waals surface area (Å²) in [6, 6.07) is 3.75. The summed E-state index contributed by atoms with van der Waals surface area (Å²) >= 11 is 8.45. The first kappa shape index (κ1) is 18.7. The highest BCUT2D eigenvalue weighted by Gasteiger charge is 2.11. The highest BCUT2D eigenvalue weighted by Crippen LogP contribution is 2.25. The van der Waals surface area contributed by atoms with Gasteiger partial charge in [0.05, 0.1) is 35.2 Å². The Bertz CT molecular complexity index is 739.